The van der Waals surface area contributed by atoms with Crippen molar-refractivity contribution in [3.63, 3.8) is 0 Å². The van der Waals surface area contributed by atoms with Gasteiger partial charge in [0.05, 0.1) is 0 Å². The number of amides is 1. The standard InChI is InChI=1S/C14H14FN3O2S/c15-10-5-3-9(4-6-10)8-12-17-18-14(21-12)16-13(19)11-2-1-7-20-11/h3-6,11H,1-2,7-8H2,(H,16,18,19)/t11-/m0/s1. The summed E-state index contributed by atoms with van der Waals surface area (Å²) >= 11 is 1.32. The topological polar surface area (TPSA) is 64.1 Å². The van der Waals surface area contributed by atoms with Gasteiger partial charge in [0.2, 0.25) is 5.13 Å². The lowest BCUT2D eigenvalue weighted by atomic mass is 10.2. The molecule has 7 heteroatoms. The minimum Gasteiger partial charge on any atom is -0.368 e. The Kier molecular flexibility index (Phi) is 4.21. The summed E-state index contributed by atoms with van der Waals surface area (Å²) in [6, 6.07) is 6.25. The second-order valence-corrected chi connectivity index (χ2v) is 5.86. The van der Waals surface area contributed by atoms with Crippen LogP contribution in [0.15, 0.2) is 24.3 Å². The Morgan fingerprint density at radius 3 is 2.90 bits per heavy atom. The van der Waals surface area contributed by atoms with Gasteiger partial charge in [0.15, 0.2) is 0 Å². The molecule has 1 aromatic heterocycles. The quantitative estimate of drug-likeness (QED) is 0.942. The van der Waals surface area contributed by atoms with Crippen LogP contribution < -0.4 is 5.32 Å². The van der Waals surface area contributed by atoms with Crippen LogP contribution >= 0.6 is 11.3 Å². The van der Waals surface area contributed by atoms with Gasteiger partial charge in [-0.15, -0.1) is 10.2 Å². The predicted octanol–water partition coefficient (Wildman–Crippen LogP) is 2.39. The van der Waals surface area contributed by atoms with E-state index in [1.165, 1.54) is 23.5 Å². The summed E-state index contributed by atoms with van der Waals surface area (Å²) in [5, 5.41) is 11.9. The molecule has 1 aromatic carbocycles. The molecule has 21 heavy (non-hydrogen) atoms. The molecule has 0 aliphatic carbocycles. The smallest absolute Gasteiger partial charge is 0.255 e. The number of nitrogens with one attached hydrogen (secondary N) is 1. The fraction of sp³-hybridized carbons (Fsp3) is 0.357. The Balaban J connectivity index is 1.60. The first-order valence-corrected chi connectivity index (χ1v) is 7.51. The highest BCUT2D eigenvalue weighted by atomic mass is 32.1. The van der Waals surface area contributed by atoms with Crippen molar-refractivity contribution < 1.29 is 13.9 Å². The summed E-state index contributed by atoms with van der Waals surface area (Å²) in [6.45, 7) is 0.629. The van der Waals surface area contributed by atoms with Gasteiger partial charge in [0, 0.05) is 13.0 Å². The number of rotatable bonds is 4. The van der Waals surface area contributed by atoms with Crippen molar-refractivity contribution in [1.29, 1.82) is 0 Å². The average molecular weight is 307 g/mol. The van der Waals surface area contributed by atoms with E-state index in [4.69, 9.17) is 4.74 Å². The molecular formula is C14H14FN3O2S. The van der Waals surface area contributed by atoms with Crippen molar-refractivity contribution in [2.75, 3.05) is 11.9 Å². The lowest BCUT2D eigenvalue weighted by molar-refractivity contribution is -0.124. The third-order valence-electron chi connectivity index (χ3n) is 3.19. The van der Waals surface area contributed by atoms with E-state index in [1.807, 2.05) is 0 Å². The molecule has 1 aliphatic heterocycles. The van der Waals surface area contributed by atoms with Crippen LogP contribution in [-0.4, -0.2) is 28.8 Å². The van der Waals surface area contributed by atoms with Gasteiger partial charge in [-0.05, 0) is 30.5 Å². The van der Waals surface area contributed by atoms with E-state index in [1.54, 1.807) is 12.1 Å². The van der Waals surface area contributed by atoms with Gasteiger partial charge in [0.25, 0.3) is 5.91 Å². The lowest BCUT2D eigenvalue weighted by Crippen LogP contribution is -2.26. The number of ether oxygens (including phenoxy) is 1. The summed E-state index contributed by atoms with van der Waals surface area (Å²) in [6.07, 6.45) is 1.83. The zero-order chi connectivity index (χ0) is 14.7. The Labute approximate surface area is 125 Å². The largest absolute Gasteiger partial charge is 0.368 e. The van der Waals surface area contributed by atoms with Gasteiger partial charge >= 0.3 is 0 Å². The van der Waals surface area contributed by atoms with E-state index in [-0.39, 0.29) is 17.8 Å². The number of halogens is 1. The third kappa shape index (κ3) is 3.62. The molecule has 0 unspecified atom stereocenters. The summed E-state index contributed by atoms with van der Waals surface area (Å²) in [5.74, 6) is -0.433. The van der Waals surface area contributed by atoms with Gasteiger partial charge in [-0.25, -0.2) is 4.39 Å². The highest BCUT2D eigenvalue weighted by molar-refractivity contribution is 7.15. The van der Waals surface area contributed by atoms with Crippen LogP contribution in [0, 0.1) is 5.82 Å². The van der Waals surface area contributed by atoms with Crippen molar-refractivity contribution in [2.45, 2.75) is 25.4 Å². The number of benzene rings is 1. The molecule has 1 fully saturated rings. The molecule has 0 spiro atoms. The number of hydrogen-bond donors (Lipinski definition) is 1. The summed E-state index contributed by atoms with van der Waals surface area (Å²) < 4.78 is 18.1. The van der Waals surface area contributed by atoms with Crippen molar-refractivity contribution in [3.8, 4) is 0 Å². The molecule has 5 nitrogen and oxygen atoms in total. The third-order valence-corrected chi connectivity index (χ3v) is 4.03. The molecule has 0 saturated carbocycles. The maximum Gasteiger partial charge on any atom is 0.255 e. The number of anilines is 1. The summed E-state index contributed by atoms with van der Waals surface area (Å²) in [4.78, 5) is 11.9. The number of hydrogen-bond acceptors (Lipinski definition) is 5. The van der Waals surface area contributed by atoms with Gasteiger partial charge in [-0.1, -0.05) is 23.5 Å². The van der Waals surface area contributed by atoms with Gasteiger partial charge < -0.3 is 4.74 Å². The van der Waals surface area contributed by atoms with E-state index in [2.05, 4.69) is 15.5 Å². The van der Waals surface area contributed by atoms with E-state index in [9.17, 15) is 9.18 Å². The van der Waals surface area contributed by atoms with Gasteiger partial charge in [-0.3, -0.25) is 10.1 Å². The second-order valence-electron chi connectivity index (χ2n) is 4.80. The van der Waals surface area contributed by atoms with Crippen LogP contribution in [0.3, 0.4) is 0 Å². The first kappa shape index (κ1) is 14.1. The monoisotopic (exact) mass is 307 g/mol. The minimum absolute atomic E-state index is 0.169. The summed E-state index contributed by atoms with van der Waals surface area (Å²) in [7, 11) is 0. The average Bonchev–Trinajstić information content (AvgIpc) is 3.13. The fourth-order valence-corrected chi connectivity index (χ4v) is 2.90. The molecule has 1 N–H and O–H groups in total. The molecule has 1 amide bonds. The van der Waals surface area contributed by atoms with Crippen LogP contribution in [0.2, 0.25) is 0 Å². The number of nitrogens with zero attached hydrogens (tertiary/aromatic N) is 2. The van der Waals surface area contributed by atoms with Crippen LogP contribution in [0.1, 0.15) is 23.4 Å². The zero-order valence-electron chi connectivity index (χ0n) is 11.2. The predicted molar refractivity (Wildman–Crippen MR) is 76.7 cm³/mol. The number of aromatic nitrogens is 2. The molecule has 110 valence electrons. The van der Waals surface area contributed by atoms with Crippen LogP contribution in [0.25, 0.3) is 0 Å². The fourth-order valence-electron chi connectivity index (χ4n) is 2.12. The van der Waals surface area contributed by atoms with Crippen LogP contribution in [0.4, 0.5) is 9.52 Å². The van der Waals surface area contributed by atoms with Crippen molar-refractivity contribution in [3.05, 3.63) is 40.7 Å². The molecule has 2 heterocycles. The summed E-state index contributed by atoms with van der Waals surface area (Å²) in [5.41, 5.74) is 0.949. The molecular weight excluding hydrogens is 293 g/mol. The Bertz CT molecular complexity index is 623. The van der Waals surface area contributed by atoms with E-state index < -0.39 is 0 Å². The van der Waals surface area contributed by atoms with Crippen molar-refractivity contribution >= 4 is 22.4 Å². The highest BCUT2D eigenvalue weighted by Gasteiger charge is 2.24. The molecule has 2 aromatic rings. The van der Waals surface area contributed by atoms with Gasteiger partial charge in [0.1, 0.15) is 16.9 Å². The Hall–Kier alpha value is -1.86. The molecule has 1 atom stereocenters. The van der Waals surface area contributed by atoms with Crippen LogP contribution in [-0.2, 0) is 16.0 Å². The van der Waals surface area contributed by atoms with E-state index in [0.29, 0.717) is 18.2 Å². The number of carbonyl (C=O) groups excluding carboxylic acids is 1. The first-order valence-electron chi connectivity index (χ1n) is 6.70. The first-order chi connectivity index (χ1) is 10.2. The normalized spacial score (nSPS) is 17.9. The molecule has 1 saturated heterocycles. The van der Waals surface area contributed by atoms with Crippen molar-refractivity contribution in [2.24, 2.45) is 0 Å². The van der Waals surface area contributed by atoms with E-state index >= 15 is 0 Å². The second kappa shape index (κ2) is 6.28. The maximum atomic E-state index is 12.8. The SMILES string of the molecule is O=C(Nc1nnc(Cc2ccc(F)cc2)s1)[C@@H]1CCCO1. The number of carbonyl (C=O) groups is 1. The lowest BCUT2D eigenvalue weighted by Gasteiger charge is -2.06. The Morgan fingerprint density at radius 1 is 1.38 bits per heavy atom. The molecule has 3 rings (SSSR count). The maximum absolute atomic E-state index is 12.8. The Morgan fingerprint density at radius 2 is 2.19 bits per heavy atom. The molecule has 0 radical (unpaired) electrons. The van der Waals surface area contributed by atoms with Crippen molar-refractivity contribution in [1.82, 2.24) is 10.2 Å². The van der Waals surface area contributed by atoms with E-state index in [0.717, 1.165) is 23.4 Å². The minimum atomic E-state index is -0.380. The highest BCUT2D eigenvalue weighted by Crippen LogP contribution is 2.20. The van der Waals surface area contributed by atoms with Crippen LogP contribution in [0.5, 0.6) is 0 Å². The van der Waals surface area contributed by atoms with Gasteiger partial charge in [-0.2, -0.15) is 0 Å². The zero-order valence-corrected chi connectivity index (χ0v) is 12.0. The molecule has 0 bridgehead atoms. The molecule has 1 aliphatic rings.